The van der Waals surface area contributed by atoms with Crippen LogP contribution in [0, 0.1) is 12.8 Å². The highest BCUT2D eigenvalue weighted by Crippen LogP contribution is 2.39. The molecule has 0 radical (unpaired) electrons. The number of aliphatic hydroxyl groups is 1. The van der Waals surface area contributed by atoms with Crippen molar-refractivity contribution in [3.63, 3.8) is 0 Å². The van der Waals surface area contributed by atoms with Crippen LogP contribution in [-0.4, -0.2) is 41.5 Å². The van der Waals surface area contributed by atoms with Crippen molar-refractivity contribution < 1.29 is 14.7 Å². The summed E-state index contributed by atoms with van der Waals surface area (Å²) in [7, 11) is 0. The molecule has 2 amide bonds. The predicted octanol–water partition coefficient (Wildman–Crippen LogP) is 3.70. The molecule has 1 aromatic heterocycles. The first kappa shape index (κ1) is 19.2. The van der Waals surface area contributed by atoms with Crippen molar-refractivity contribution in [3.8, 4) is 0 Å². The summed E-state index contributed by atoms with van der Waals surface area (Å²) in [5.74, 6) is -0.535. The highest BCUT2D eigenvalue weighted by molar-refractivity contribution is 7.11. The summed E-state index contributed by atoms with van der Waals surface area (Å²) in [6.45, 7) is 3.21. The second-order valence-corrected chi connectivity index (χ2v) is 8.60. The largest absolute Gasteiger partial charge is 0.396 e. The Morgan fingerprint density at radius 2 is 2.07 bits per heavy atom. The van der Waals surface area contributed by atoms with Gasteiger partial charge in [-0.25, -0.2) is 4.90 Å². The second kappa shape index (κ2) is 7.70. The molecule has 4 rings (SSSR count). The lowest BCUT2D eigenvalue weighted by atomic mass is 9.98. The maximum absolute atomic E-state index is 13.5. The average Bonchev–Trinajstić information content (AvgIpc) is 3.30. The van der Waals surface area contributed by atoms with E-state index >= 15 is 0 Å². The number of amides is 2. The van der Waals surface area contributed by atoms with Crippen LogP contribution >= 0.6 is 22.9 Å². The summed E-state index contributed by atoms with van der Waals surface area (Å²) in [5, 5.41) is 12.0. The maximum atomic E-state index is 13.5. The summed E-state index contributed by atoms with van der Waals surface area (Å²) in [5.41, 5.74) is 2.20. The number of benzene rings is 1. The number of aliphatic hydroxyl groups excluding tert-OH is 1. The third-order valence-electron chi connectivity index (χ3n) is 5.33. The number of rotatable bonds is 4. The number of anilines is 1. The molecule has 1 N–H and O–H groups in total. The molecule has 0 aliphatic carbocycles. The molecule has 2 aliphatic heterocycles. The lowest BCUT2D eigenvalue weighted by Gasteiger charge is -2.34. The molecule has 1 atom stereocenters. The van der Waals surface area contributed by atoms with E-state index in [4.69, 9.17) is 11.6 Å². The number of carbonyl (C=O) groups excluding carboxylic acids is 2. The summed E-state index contributed by atoms with van der Waals surface area (Å²) in [6.07, 6.45) is 1.80. The van der Waals surface area contributed by atoms with Crippen molar-refractivity contribution in [2.45, 2.75) is 19.8 Å². The van der Waals surface area contributed by atoms with Crippen molar-refractivity contribution in [3.05, 3.63) is 56.9 Å². The number of halogens is 1. The Balaban J connectivity index is 1.81. The van der Waals surface area contributed by atoms with Gasteiger partial charge in [-0.05, 0) is 54.8 Å². The quantitative estimate of drug-likeness (QED) is 0.772. The van der Waals surface area contributed by atoms with E-state index in [0.717, 1.165) is 23.3 Å². The molecule has 2 aromatic rings. The Hall–Kier alpha value is -2.15. The van der Waals surface area contributed by atoms with Crippen LogP contribution < -0.4 is 4.90 Å². The first-order chi connectivity index (χ1) is 13.5. The van der Waals surface area contributed by atoms with Crippen LogP contribution in [0.2, 0.25) is 5.02 Å². The van der Waals surface area contributed by atoms with Crippen molar-refractivity contribution in [1.29, 1.82) is 0 Å². The van der Waals surface area contributed by atoms with Crippen LogP contribution in [0.15, 0.2) is 41.4 Å². The van der Waals surface area contributed by atoms with Gasteiger partial charge in [0.05, 0.1) is 11.3 Å². The van der Waals surface area contributed by atoms with E-state index in [1.165, 1.54) is 16.2 Å². The molecule has 1 fully saturated rings. The number of hydrogen-bond donors (Lipinski definition) is 1. The van der Waals surface area contributed by atoms with E-state index in [1.807, 2.05) is 35.4 Å². The van der Waals surface area contributed by atoms with Gasteiger partial charge in [0.1, 0.15) is 5.70 Å². The van der Waals surface area contributed by atoms with E-state index in [-0.39, 0.29) is 24.3 Å². The van der Waals surface area contributed by atoms with E-state index < -0.39 is 0 Å². The third kappa shape index (κ3) is 3.26. The number of aryl methyl sites for hydroxylation is 1. The highest BCUT2D eigenvalue weighted by atomic mass is 35.5. The Kier molecular flexibility index (Phi) is 5.27. The monoisotopic (exact) mass is 416 g/mol. The molecule has 0 saturated carbocycles. The lowest BCUT2D eigenvalue weighted by molar-refractivity contribution is -0.120. The first-order valence-corrected chi connectivity index (χ1v) is 10.6. The van der Waals surface area contributed by atoms with Crippen LogP contribution in [0.4, 0.5) is 5.69 Å². The minimum Gasteiger partial charge on any atom is -0.396 e. The summed E-state index contributed by atoms with van der Waals surface area (Å²) in [6, 6.07) is 8.96. The minimum absolute atomic E-state index is 0.0807. The molecule has 1 saturated heterocycles. The number of imide groups is 1. The third-order valence-corrected chi connectivity index (χ3v) is 6.45. The molecule has 0 spiro atoms. The van der Waals surface area contributed by atoms with Gasteiger partial charge in [0.2, 0.25) is 0 Å². The van der Waals surface area contributed by atoms with Crippen molar-refractivity contribution in [2.75, 3.05) is 24.6 Å². The maximum Gasteiger partial charge on any atom is 0.282 e. The zero-order chi connectivity index (χ0) is 19.8. The lowest BCUT2D eigenvalue weighted by Crippen LogP contribution is -2.40. The molecular formula is C21H21ClN2O3S. The van der Waals surface area contributed by atoms with E-state index in [2.05, 4.69) is 0 Å². The zero-order valence-corrected chi connectivity index (χ0v) is 17.1. The molecule has 3 heterocycles. The summed E-state index contributed by atoms with van der Waals surface area (Å²) < 4.78 is 0. The Morgan fingerprint density at radius 3 is 2.79 bits per heavy atom. The fourth-order valence-corrected chi connectivity index (χ4v) is 4.84. The number of nitrogens with zero attached hydrogens (tertiary/aromatic N) is 2. The zero-order valence-electron chi connectivity index (χ0n) is 15.5. The smallest absolute Gasteiger partial charge is 0.282 e. The molecule has 1 unspecified atom stereocenters. The SMILES string of the molecule is Cc1ccc(Cl)cc1N1C(=O)C(c2cccs2)=C(N2CCCC(CO)C2)C1=O. The van der Waals surface area contributed by atoms with Gasteiger partial charge in [0, 0.05) is 29.6 Å². The van der Waals surface area contributed by atoms with Crippen molar-refractivity contribution in [2.24, 2.45) is 5.92 Å². The Labute approximate surface area is 172 Å². The second-order valence-electron chi connectivity index (χ2n) is 7.21. The highest BCUT2D eigenvalue weighted by Gasteiger charge is 2.44. The number of hydrogen-bond acceptors (Lipinski definition) is 5. The number of carbonyl (C=O) groups is 2. The van der Waals surface area contributed by atoms with Gasteiger partial charge in [-0.1, -0.05) is 23.7 Å². The van der Waals surface area contributed by atoms with Gasteiger partial charge < -0.3 is 10.0 Å². The van der Waals surface area contributed by atoms with Gasteiger partial charge in [0.15, 0.2) is 0 Å². The van der Waals surface area contributed by atoms with Gasteiger partial charge in [0.25, 0.3) is 11.8 Å². The van der Waals surface area contributed by atoms with Gasteiger partial charge in [-0.3, -0.25) is 9.59 Å². The van der Waals surface area contributed by atoms with Crippen molar-refractivity contribution >= 4 is 46.0 Å². The summed E-state index contributed by atoms with van der Waals surface area (Å²) in [4.78, 5) is 30.9. The molecule has 0 bridgehead atoms. The topological polar surface area (TPSA) is 60.9 Å². The number of thiophene rings is 1. The Morgan fingerprint density at radius 1 is 1.25 bits per heavy atom. The van der Waals surface area contributed by atoms with Crippen LogP contribution in [0.25, 0.3) is 5.57 Å². The van der Waals surface area contributed by atoms with Crippen LogP contribution in [0.5, 0.6) is 0 Å². The molecular weight excluding hydrogens is 396 g/mol. The summed E-state index contributed by atoms with van der Waals surface area (Å²) >= 11 is 7.60. The molecule has 146 valence electrons. The Bertz CT molecular complexity index is 955. The standard InChI is InChI=1S/C21H21ClN2O3S/c1-13-6-7-15(22)10-16(13)24-20(26)18(17-5-3-9-28-17)19(21(24)27)23-8-2-4-14(11-23)12-25/h3,5-7,9-10,14,25H,2,4,8,11-12H2,1H3. The van der Waals surface area contributed by atoms with Crippen LogP contribution in [-0.2, 0) is 9.59 Å². The van der Waals surface area contributed by atoms with Gasteiger partial charge in [-0.2, -0.15) is 0 Å². The minimum atomic E-state index is -0.322. The number of likely N-dealkylation sites (tertiary alicyclic amines) is 1. The van der Waals surface area contributed by atoms with Crippen LogP contribution in [0.1, 0.15) is 23.3 Å². The fourth-order valence-electron chi connectivity index (χ4n) is 3.91. The number of piperidine rings is 1. The first-order valence-electron chi connectivity index (χ1n) is 9.30. The molecule has 7 heteroatoms. The van der Waals surface area contributed by atoms with Crippen molar-refractivity contribution in [1.82, 2.24) is 4.90 Å². The van der Waals surface area contributed by atoms with Gasteiger partial charge in [-0.15, -0.1) is 11.3 Å². The molecule has 28 heavy (non-hydrogen) atoms. The predicted molar refractivity (Wildman–Crippen MR) is 111 cm³/mol. The van der Waals surface area contributed by atoms with E-state index in [1.54, 1.807) is 12.1 Å². The van der Waals surface area contributed by atoms with Crippen LogP contribution in [0.3, 0.4) is 0 Å². The average molecular weight is 417 g/mol. The van der Waals surface area contributed by atoms with Gasteiger partial charge >= 0.3 is 0 Å². The van der Waals surface area contributed by atoms with E-state index in [9.17, 15) is 14.7 Å². The normalized spacial score (nSPS) is 20.5. The van der Waals surface area contributed by atoms with E-state index in [0.29, 0.717) is 35.1 Å². The molecule has 5 nitrogen and oxygen atoms in total. The molecule has 2 aliphatic rings. The molecule has 1 aromatic carbocycles. The fraction of sp³-hybridized carbons (Fsp3) is 0.333.